The summed E-state index contributed by atoms with van der Waals surface area (Å²) >= 11 is 0. The van der Waals surface area contributed by atoms with Crippen LogP contribution in [0.3, 0.4) is 0 Å². The van der Waals surface area contributed by atoms with Crippen LogP contribution in [0.5, 0.6) is 0 Å². The van der Waals surface area contributed by atoms with E-state index < -0.39 is 23.1 Å². The van der Waals surface area contributed by atoms with Gasteiger partial charge in [-0.2, -0.15) is 13.2 Å². The molecule has 3 rings (SSSR count). The standard InChI is InChI=1S/C11H15F3O/c1-6-5-10(15,11(12,13)14)8-4-7(6)9(8,2)3/h5,7-8,15H,4H2,1-3H3/t7-,8-,10-/m0/s1. The van der Waals surface area contributed by atoms with Crippen molar-refractivity contribution in [2.24, 2.45) is 17.3 Å². The first-order chi connectivity index (χ1) is 6.61. The van der Waals surface area contributed by atoms with Crippen LogP contribution in [-0.4, -0.2) is 16.9 Å². The molecule has 0 heterocycles. The van der Waals surface area contributed by atoms with Gasteiger partial charge in [-0.05, 0) is 30.8 Å². The van der Waals surface area contributed by atoms with Gasteiger partial charge in [-0.1, -0.05) is 19.4 Å². The van der Waals surface area contributed by atoms with Crippen molar-refractivity contribution >= 4 is 0 Å². The normalized spacial score (nSPS) is 43.3. The summed E-state index contributed by atoms with van der Waals surface area (Å²) in [6.45, 7) is 5.29. The van der Waals surface area contributed by atoms with Crippen molar-refractivity contribution in [2.75, 3.05) is 0 Å². The van der Waals surface area contributed by atoms with E-state index in [1.807, 2.05) is 0 Å². The minimum absolute atomic E-state index is 0.199. The summed E-state index contributed by atoms with van der Waals surface area (Å²) in [5, 5.41) is 9.82. The van der Waals surface area contributed by atoms with Crippen molar-refractivity contribution in [1.29, 1.82) is 0 Å². The highest BCUT2D eigenvalue weighted by atomic mass is 19.4. The average Bonchev–Trinajstić information content (AvgIpc) is 1.99. The monoisotopic (exact) mass is 220 g/mol. The van der Waals surface area contributed by atoms with E-state index in [2.05, 4.69) is 0 Å². The van der Waals surface area contributed by atoms with Crippen LogP contribution in [0.15, 0.2) is 11.6 Å². The Balaban J connectivity index is 2.49. The van der Waals surface area contributed by atoms with Gasteiger partial charge in [0.25, 0.3) is 0 Å². The van der Waals surface area contributed by atoms with E-state index in [4.69, 9.17) is 0 Å². The Morgan fingerprint density at radius 1 is 1.40 bits per heavy atom. The molecule has 1 saturated carbocycles. The third-order valence-electron chi connectivity index (χ3n) is 4.25. The molecule has 0 aromatic rings. The molecular weight excluding hydrogens is 205 g/mol. The summed E-state index contributed by atoms with van der Waals surface area (Å²) < 4.78 is 38.5. The molecule has 3 aliphatic carbocycles. The molecule has 0 aromatic carbocycles. The van der Waals surface area contributed by atoms with Gasteiger partial charge in [0, 0.05) is 5.92 Å². The van der Waals surface area contributed by atoms with Crippen molar-refractivity contribution in [3.8, 4) is 0 Å². The third-order valence-corrected chi connectivity index (χ3v) is 4.25. The Hall–Kier alpha value is -0.510. The average molecular weight is 220 g/mol. The number of halogens is 3. The van der Waals surface area contributed by atoms with E-state index in [0.717, 1.165) is 6.08 Å². The maximum Gasteiger partial charge on any atom is 0.421 e. The van der Waals surface area contributed by atoms with Crippen LogP contribution in [0, 0.1) is 17.3 Å². The van der Waals surface area contributed by atoms with Crippen LogP contribution >= 0.6 is 0 Å². The van der Waals surface area contributed by atoms with Crippen molar-refractivity contribution in [1.82, 2.24) is 0 Å². The van der Waals surface area contributed by atoms with Gasteiger partial charge in [0.15, 0.2) is 5.60 Å². The van der Waals surface area contributed by atoms with Crippen molar-refractivity contribution in [3.63, 3.8) is 0 Å². The molecule has 0 radical (unpaired) electrons. The Labute approximate surface area is 87.0 Å². The molecule has 86 valence electrons. The summed E-state index contributed by atoms with van der Waals surface area (Å²) in [5.41, 5.74) is -2.39. The smallest absolute Gasteiger partial charge is 0.376 e. The second-order valence-electron chi connectivity index (χ2n) is 5.37. The molecule has 2 bridgehead atoms. The fraction of sp³-hybridized carbons (Fsp3) is 0.818. The summed E-state index contributed by atoms with van der Waals surface area (Å²) in [4.78, 5) is 0. The maximum atomic E-state index is 12.8. The van der Waals surface area contributed by atoms with Gasteiger partial charge in [0.1, 0.15) is 0 Å². The van der Waals surface area contributed by atoms with Crippen LogP contribution in [0.1, 0.15) is 27.2 Å². The number of allylic oxidation sites excluding steroid dienone is 1. The SMILES string of the molecule is CC1=C[C@@](O)(C(F)(F)F)[C@H]2C[C@@H]1C2(C)C. The molecule has 4 heteroatoms. The first-order valence-electron chi connectivity index (χ1n) is 5.09. The molecule has 0 aliphatic heterocycles. The first-order valence-corrected chi connectivity index (χ1v) is 5.09. The van der Waals surface area contributed by atoms with Crippen LogP contribution in [0.2, 0.25) is 0 Å². The van der Waals surface area contributed by atoms with E-state index >= 15 is 0 Å². The zero-order valence-corrected chi connectivity index (χ0v) is 9.02. The molecule has 0 amide bonds. The molecule has 15 heavy (non-hydrogen) atoms. The largest absolute Gasteiger partial charge is 0.421 e. The lowest BCUT2D eigenvalue weighted by Gasteiger charge is -2.61. The maximum absolute atomic E-state index is 12.8. The van der Waals surface area contributed by atoms with E-state index in [1.54, 1.807) is 20.8 Å². The van der Waals surface area contributed by atoms with Gasteiger partial charge >= 0.3 is 6.18 Å². The minimum Gasteiger partial charge on any atom is -0.376 e. The number of hydrogen-bond acceptors (Lipinski definition) is 1. The summed E-state index contributed by atoms with van der Waals surface area (Å²) in [6, 6.07) is 0. The Kier molecular flexibility index (Phi) is 1.90. The van der Waals surface area contributed by atoms with Gasteiger partial charge in [-0.3, -0.25) is 0 Å². The van der Waals surface area contributed by atoms with Gasteiger partial charge < -0.3 is 5.11 Å². The van der Waals surface area contributed by atoms with Gasteiger partial charge in [0.05, 0.1) is 0 Å². The minimum atomic E-state index is -4.57. The fourth-order valence-corrected chi connectivity index (χ4v) is 3.27. The quantitative estimate of drug-likeness (QED) is 0.622. The highest BCUT2D eigenvalue weighted by Gasteiger charge is 2.69. The molecule has 0 saturated heterocycles. The number of rotatable bonds is 0. The lowest BCUT2D eigenvalue weighted by atomic mass is 9.44. The van der Waals surface area contributed by atoms with Crippen LogP contribution in [0.25, 0.3) is 0 Å². The fourth-order valence-electron chi connectivity index (χ4n) is 3.27. The molecule has 0 aromatic heterocycles. The summed E-state index contributed by atoms with van der Waals surface area (Å²) in [5.74, 6) is -0.496. The number of alkyl halides is 3. The van der Waals surface area contributed by atoms with Crippen molar-refractivity contribution < 1.29 is 18.3 Å². The van der Waals surface area contributed by atoms with E-state index in [-0.39, 0.29) is 5.92 Å². The van der Waals surface area contributed by atoms with E-state index in [9.17, 15) is 18.3 Å². The number of fused-ring (bicyclic) bond motifs is 1. The molecule has 0 unspecified atom stereocenters. The lowest BCUT2D eigenvalue weighted by molar-refractivity contribution is -0.297. The molecule has 1 nitrogen and oxygen atoms in total. The van der Waals surface area contributed by atoms with Gasteiger partial charge in [-0.25, -0.2) is 0 Å². The highest BCUT2D eigenvalue weighted by Crippen LogP contribution is 2.65. The van der Waals surface area contributed by atoms with E-state index in [1.165, 1.54) is 0 Å². The molecule has 3 atom stereocenters. The second-order valence-corrected chi connectivity index (χ2v) is 5.37. The zero-order valence-electron chi connectivity index (χ0n) is 9.02. The lowest BCUT2D eigenvalue weighted by Crippen LogP contribution is -2.65. The Bertz CT molecular complexity index is 329. The molecule has 3 aliphatic rings. The number of aliphatic hydroxyl groups is 1. The highest BCUT2D eigenvalue weighted by molar-refractivity contribution is 5.31. The molecular formula is C11H15F3O. The Morgan fingerprint density at radius 2 is 1.93 bits per heavy atom. The molecule has 0 spiro atoms. The van der Waals surface area contributed by atoms with Crippen LogP contribution in [-0.2, 0) is 0 Å². The van der Waals surface area contributed by atoms with Crippen LogP contribution < -0.4 is 0 Å². The first kappa shape index (κ1) is 11.0. The molecule has 1 N–H and O–H groups in total. The summed E-state index contributed by atoms with van der Waals surface area (Å²) in [6.07, 6.45) is -3.11. The topological polar surface area (TPSA) is 20.2 Å². The Morgan fingerprint density at radius 3 is 2.27 bits per heavy atom. The number of hydrogen-bond donors (Lipinski definition) is 1. The second kappa shape index (κ2) is 2.59. The predicted octanol–water partition coefficient (Wildman–Crippen LogP) is 2.90. The van der Waals surface area contributed by atoms with Crippen LogP contribution in [0.4, 0.5) is 13.2 Å². The zero-order chi connectivity index (χ0) is 11.6. The predicted molar refractivity (Wildman–Crippen MR) is 50.1 cm³/mol. The van der Waals surface area contributed by atoms with Gasteiger partial charge in [0.2, 0.25) is 0 Å². The van der Waals surface area contributed by atoms with E-state index in [0.29, 0.717) is 12.0 Å². The molecule has 1 fully saturated rings. The van der Waals surface area contributed by atoms with Gasteiger partial charge in [-0.15, -0.1) is 0 Å². The summed E-state index contributed by atoms with van der Waals surface area (Å²) in [7, 11) is 0. The van der Waals surface area contributed by atoms with Crippen molar-refractivity contribution in [3.05, 3.63) is 11.6 Å². The van der Waals surface area contributed by atoms with Crippen molar-refractivity contribution in [2.45, 2.75) is 39.0 Å². The third kappa shape index (κ3) is 1.14.